The highest BCUT2D eigenvalue weighted by Crippen LogP contribution is 2.34. The van der Waals surface area contributed by atoms with Gasteiger partial charge in [-0.3, -0.25) is 14.9 Å². The van der Waals surface area contributed by atoms with Gasteiger partial charge in [0.25, 0.3) is 5.69 Å². The number of allylic oxidation sites excluding steroid dienone is 1. The lowest BCUT2D eigenvalue weighted by molar-refractivity contribution is -0.384. The number of hydrogen-bond acceptors (Lipinski definition) is 4. The molecule has 3 rings (SSSR count). The molecule has 1 heterocycles. The van der Waals surface area contributed by atoms with Gasteiger partial charge in [0.1, 0.15) is 0 Å². The highest BCUT2D eigenvalue weighted by Gasteiger charge is 2.33. The van der Waals surface area contributed by atoms with E-state index in [9.17, 15) is 19.7 Å². The molecule has 1 aliphatic carbocycles. The molecule has 144 valence electrons. The summed E-state index contributed by atoms with van der Waals surface area (Å²) in [7, 11) is 0. The van der Waals surface area contributed by atoms with Crippen molar-refractivity contribution in [3.8, 4) is 0 Å². The van der Waals surface area contributed by atoms with Crippen LogP contribution in [0.1, 0.15) is 57.6 Å². The maximum Gasteiger partial charge on any atom is 0.319 e. The Hall–Kier alpha value is -2.70. The van der Waals surface area contributed by atoms with Gasteiger partial charge < -0.3 is 10.6 Å². The molecule has 0 radical (unpaired) electrons. The zero-order valence-corrected chi connectivity index (χ0v) is 15.7. The van der Waals surface area contributed by atoms with Crippen LogP contribution < -0.4 is 10.6 Å². The fourth-order valence-electron chi connectivity index (χ4n) is 4.22. The molecule has 2 amide bonds. The number of rotatable bonds is 5. The zero-order valence-electron chi connectivity index (χ0n) is 15.7. The second-order valence-corrected chi connectivity index (χ2v) is 7.68. The number of carbonyl (C=O) groups excluding carboxylic acids is 2. The van der Waals surface area contributed by atoms with Gasteiger partial charge in [-0.2, -0.15) is 0 Å². The SMILES string of the molecule is CC1=C(C(=O)C[C@H]2CCC[C@H](C)C2)[C@@H](c2ccc([N+](=O)[O-])cc2)NC(=O)N1. The molecule has 2 aliphatic rings. The van der Waals surface area contributed by atoms with Crippen LogP contribution in [0, 0.1) is 22.0 Å². The number of nitro groups is 1. The van der Waals surface area contributed by atoms with E-state index in [2.05, 4.69) is 17.6 Å². The Bertz CT molecular complexity index is 785. The lowest BCUT2D eigenvalue weighted by Crippen LogP contribution is -2.45. The Kier molecular flexibility index (Phi) is 5.58. The fraction of sp³-hybridized carbons (Fsp3) is 0.500. The van der Waals surface area contributed by atoms with Crippen LogP contribution in [0.4, 0.5) is 10.5 Å². The first kappa shape index (κ1) is 19.1. The Balaban J connectivity index is 1.85. The standard InChI is InChI=1S/C20H25N3O4/c1-12-4-3-5-14(10-12)11-17(24)18-13(2)21-20(25)22-19(18)15-6-8-16(9-7-15)23(26)27/h6-9,12,14,19H,3-5,10-11H2,1-2H3,(H2,21,22,25)/t12-,14-,19+/m0/s1. The molecule has 0 saturated heterocycles. The van der Waals surface area contributed by atoms with Crippen LogP contribution in [0.3, 0.4) is 0 Å². The molecule has 7 nitrogen and oxygen atoms in total. The van der Waals surface area contributed by atoms with E-state index in [1.807, 2.05) is 0 Å². The number of benzene rings is 1. The summed E-state index contributed by atoms with van der Waals surface area (Å²) >= 11 is 0. The minimum Gasteiger partial charge on any atom is -0.327 e. The maximum atomic E-state index is 13.1. The van der Waals surface area contributed by atoms with Crippen molar-refractivity contribution in [2.75, 3.05) is 0 Å². The number of nitrogens with one attached hydrogen (secondary N) is 2. The van der Waals surface area contributed by atoms with E-state index in [4.69, 9.17) is 0 Å². The van der Waals surface area contributed by atoms with Crippen LogP contribution in [-0.2, 0) is 4.79 Å². The molecule has 0 spiro atoms. The topological polar surface area (TPSA) is 101 Å². The van der Waals surface area contributed by atoms with Gasteiger partial charge >= 0.3 is 6.03 Å². The molecule has 3 atom stereocenters. The highest BCUT2D eigenvalue weighted by atomic mass is 16.6. The van der Waals surface area contributed by atoms with Gasteiger partial charge in [-0.15, -0.1) is 0 Å². The number of Topliss-reactive ketones (excluding diaryl/α,β-unsaturated/α-hetero) is 1. The lowest BCUT2D eigenvalue weighted by Gasteiger charge is -2.31. The Morgan fingerprint density at radius 3 is 2.59 bits per heavy atom. The molecule has 2 N–H and O–H groups in total. The highest BCUT2D eigenvalue weighted by molar-refractivity contribution is 6.00. The Morgan fingerprint density at radius 2 is 1.96 bits per heavy atom. The maximum absolute atomic E-state index is 13.1. The first-order chi connectivity index (χ1) is 12.8. The average Bonchev–Trinajstić information content (AvgIpc) is 2.61. The lowest BCUT2D eigenvalue weighted by atomic mass is 9.78. The number of non-ortho nitro benzene ring substituents is 1. The van der Waals surface area contributed by atoms with Crippen LogP contribution in [0.5, 0.6) is 0 Å². The van der Waals surface area contributed by atoms with Crippen molar-refractivity contribution in [3.63, 3.8) is 0 Å². The number of hydrogen-bond donors (Lipinski definition) is 2. The molecule has 1 saturated carbocycles. The molecule has 0 aromatic heterocycles. The molecular formula is C20H25N3O4. The van der Waals surface area contributed by atoms with Gasteiger partial charge in [0, 0.05) is 29.8 Å². The predicted molar refractivity (Wildman–Crippen MR) is 101 cm³/mol. The summed E-state index contributed by atoms with van der Waals surface area (Å²) < 4.78 is 0. The number of ketones is 1. The van der Waals surface area contributed by atoms with Crippen LogP contribution >= 0.6 is 0 Å². The van der Waals surface area contributed by atoms with Crippen molar-refractivity contribution in [2.45, 2.75) is 52.0 Å². The Labute approximate surface area is 158 Å². The zero-order chi connectivity index (χ0) is 19.6. The van der Waals surface area contributed by atoms with Gasteiger partial charge in [-0.25, -0.2) is 4.79 Å². The van der Waals surface area contributed by atoms with Gasteiger partial charge in [0.05, 0.1) is 11.0 Å². The normalized spacial score (nSPS) is 25.6. The molecule has 0 bridgehead atoms. The first-order valence-electron chi connectivity index (χ1n) is 9.41. The van der Waals surface area contributed by atoms with Crippen molar-refractivity contribution in [3.05, 3.63) is 51.2 Å². The van der Waals surface area contributed by atoms with E-state index in [0.29, 0.717) is 35.1 Å². The molecule has 1 aliphatic heterocycles. The van der Waals surface area contributed by atoms with Gasteiger partial charge in [0.2, 0.25) is 0 Å². The first-order valence-corrected chi connectivity index (χ1v) is 9.41. The fourth-order valence-corrected chi connectivity index (χ4v) is 4.22. The second kappa shape index (κ2) is 7.90. The summed E-state index contributed by atoms with van der Waals surface area (Å²) in [6, 6.07) is 5.01. The number of nitrogens with zero attached hydrogens (tertiary/aromatic N) is 1. The van der Waals surface area contributed by atoms with E-state index in [1.165, 1.54) is 18.6 Å². The Morgan fingerprint density at radius 1 is 1.26 bits per heavy atom. The summed E-state index contributed by atoms with van der Waals surface area (Å²) in [4.78, 5) is 35.5. The summed E-state index contributed by atoms with van der Waals surface area (Å²) in [5.41, 5.74) is 1.73. The van der Waals surface area contributed by atoms with E-state index in [0.717, 1.165) is 19.3 Å². The van der Waals surface area contributed by atoms with E-state index >= 15 is 0 Å². The van der Waals surface area contributed by atoms with E-state index in [1.54, 1.807) is 19.1 Å². The molecule has 1 aromatic rings. The van der Waals surface area contributed by atoms with E-state index < -0.39 is 11.0 Å². The van der Waals surface area contributed by atoms with Crippen molar-refractivity contribution in [1.29, 1.82) is 0 Å². The number of carbonyl (C=O) groups is 2. The average molecular weight is 371 g/mol. The third kappa shape index (κ3) is 4.35. The third-order valence-electron chi connectivity index (χ3n) is 5.53. The van der Waals surface area contributed by atoms with Crippen LogP contribution in [0.2, 0.25) is 0 Å². The van der Waals surface area contributed by atoms with Gasteiger partial charge in [0.15, 0.2) is 5.78 Å². The van der Waals surface area contributed by atoms with Crippen molar-refractivity contribution in [2.24, 2.45) is 11.8 Å². The van der Waals surface area contributed by atoms with Crippen LogP contribution in [0.25, 0.3) is 0 Å². The molecule has 1 aromatic carbocycles. The quantitative estimate of drug-likeness (QED) is 0.603. The summed E-state index contributed by atoms with van der Waals surface area (Å²) in [6.07, 6.45) is 4.95. The second-order valence-electron chi connectivity index (χ2n) is 7.68. The minimum atomic E-state index is -0.590. The van der Waals surface area contributed by atoms with Crippen molar-refractivity contribution >= 4 is 17.5 Å². The largest absolute Gasteiger partial charge is 0.327 e. The summed E-state index contributed by atoms with van der Waals surface area (Å²) in [6.45, 7) is 3.96. The molecule has 7 heteroatoms. The van der Waals surface area contributed by atoms with Gasteiger partial charge in [-0.1, -0.05) is 19.8 Å². The van der Waals surface area contributed by atoms with Crippen LogP contribution in [0.15, 0.2) is 35.5 Å². The number of urea groups is 1. The molecule has 1 fully saturated rings. The minimum absolute atomic E-state index is 0.0243. The smallest absolute Gasteiger partial charge is 0.319 e. The molecular weight excluding hydrogens is 346 g/mol. The summed E-state index contributed by atoms with van der Waals surface area (Å²) in [5, 5.41) is 16.4. The molecule has 27 heavy (non-hydrogen) atoms. The van der Waals surface area contributed by atoms with Crippen molar-refractivity contribution < 1.29 is 14.5 Å². The molecule has 0 unspecified atom stereocenters. The monoisotopic (exact) mass is 371 g/mol. The number of nitro benzene ring substituents is 1. The van der Waals surface area contributed by atoms with Crippen molar-refractivity contribution in [1.82, 2.24) is 10.6 Å². The third-order valence-corrected chi connectivity index (χ3v) is 5.53. The van der Waals surface area contributed by atoms with E-state index in [-0.39, 0.29) is 17.5 Å². The number of amides is 2. The predicted octanol–water partition coefficient (Wildman–Crippen LogP) is 4.01. The summed E-state index contributed by atoms with van der Waals surface area (Å²) in [5.74, 6) is 1.04. The van der Waals surface area contributed by atoms with Gasteiger partial charge in [-0.05, 0) is 49.3 Å². The van der Waals surface area contributed by atoms with Crippen LogP contribution in [-0.4, -0.2) is 16.7 Å².